The molecule has 0 aliphatic heterocycles. The molecule has 0 saturated carbocycles. The minimum absolute atomic E-state index is 0. The zero-order valence-corrected chi connectivity index (χ0v) is 22.8. The van der Waals surface area contributed by atoms with E-state index in [1.165, 1.54) is 0 Å². The summed E-state index contributed by atoms with van der Waals surface area (Å²) in [6, 6.07) is 0. The molecule has 0 radical (unpaired) electrons. The third-order valence-electron chi connectivity index (χ3n) is 0. The fourth-order valence-corrected chi connectivity index (χ4v) is 0. The van der Waals surface area contributed by atoms with Gasteiger partial charge in [-0.2, -0.15) is 0 Å². The van der Waals surface area contributed by atoms with Crippen molar-refractivity contribution < 1.29 is 136 Å². The van der Waals surface area contributed by atoms with Crippen LogP contribution in [0.3, 0.4) is 0 Å². The summed E-state index contributed by atoms with van der Waals surface area (Å²) in [5.74, 6) is 0. The molecule has 0 bridgehead atoms. The Morgan fingerprint density at radius 3 is 0.108 bits per heavy atom. The summed E-state index contributed by atoms with van der Waals surface area (Å²) < 4.78 is 0. The SMILES string of the molecule is Cl.Cl.Cl.Cl.Cl.Cl.Cl.Cl.O.O.O.O.O.O.O.O.O.O.O.O.O.O.O.O.O.O.O.O.[AlH3].[AlH3].[AlH3].[AlH3].[AlH3].[AlH3].[AlH3].[AlH3].[Zr]. The van der Waals surface area contributed by atoms with Crippen molar-refractivity contribution in [3.8, 4) is 0 Å². The maximum atomic E-state index is 0. The monoisotopic (exact) mass is 978 g/mol. The van der Waals surface area contributed by atoms with E-state index >= 15 is 0 Å². The van der Waals surface area contributed by atoms with Crippen LogP contribution in [-0.2, 0) is 26.2 Å². The Balaban J connectivity index is 0. The van der Waals surface area contributed by atoms with Crippen LogP contribution < -0.4 is 0 Å². The molecule has 40 N–H and O–H groups in total. The number of hydrogen-bond donors (Lipinski definition) is 0. The van der Waals surface area contributed by atoms with Gasteiger partial charge < -0.3 is 110 Å². The normalized spacial score (nSPS) is 0. The summed E-state index contributed by atoms with van der Waals surface area (Å²) in [4.78, 5) is 0. The first-order chi connectivity index (χ1) is 0. The Morgan fingerprint density at radius 1 is 0.108 bits per heavy atom. The van der Waals surface area contributed by atoms with Gasteiger partial charge in [-0.05, 0) is 0 Å². The van der Waals surface area contributed by atoms with Gasteiger partial charge in [0.05, 0.1) is 0 Å². The topological polar surface area (TPSA) is 630 Å². The average Bonchev–Trinajstić information content (AvgIpc) is 0. The van der Waals surface area contributed by atoms with Crippen LogP contribution in [0.25, 0.3) is 0 Å². The molecule has 0 unspecified atom stereocenters. The average molecular weight is 983 g/mol. The van der Waals surface area contributed by atoms with Gasteiger partial charge in [-0.3, -0.25) is 0 Å². The van der Waals surface area contributed by atoms with Crippen molar-refractivity contribution in [1.82, 2.24) is 0 Å². The van der Waals surface area contributed by atoms with Gasteiger partial charge in [-0.1, -0.05) is 0 Å². The van der Waals surface area contributed by atoms with Gasteiger partial charge in [0.15, 0.2) is 139 Å². The summed E-state index contributed by atoms with van der Waals surface area (Å²) in [6.45, 7) is 0. The van der Waals surface area contributed by atoms with E-state index in [0.717, 1.165) is 0 Å². The fraction of sp³-hybridized carbons (Fsp3) is 0. The molecule has 276 valence electrons. The third kappa shape index (κ3) is 1590. The van der Waals surface area contributed by atoms with Gasteiger partial charge >= 0.3 is 0 Å². The molecule has 0 amide bonds. The van der Waals surface area contributed by atoms with E-state index in [-0.39, 0.29) is 374 Å². The molecule has 0 heterocycles. The van der Waals surface area contributed by atoms with Gasteiger partial charge in [0.2, 0.25) is 0 Å². The van der Waals surface area contributed by atoms with Gasteiger partial charge in [-0.15, -0.1) is 99.3 Å². The van der Waals surface area contributed by atoms with E-state index in [9.17, 15) is 0 Å². The standard InChI is InChI=1S/8Al.8ClH.20H2O.Zr.24H/h;;;;;;;;8*1H;20*1H2;;;;;;;;;;;;;;;;;;;;;;;;;. The van der Waals surface area contributed by atoms with Crippen LogP contribution in [-0.4, -0.2) is 248 Å². The van der Waals surface area contributed by atoms with E-state index in [1.54, 1.807) is 0 Å². The zero-order chi connectivity index (χ0) is 0. The molecule has 0 aliphatic rings. The van der Waals surface area contributed by atoms with E-state index < -0.39 is 0 Å². The van der Waals surface area contributed by atoms with Gasteiger partial charge in [-0.25, -0.2) is 0 Å². The van der Waals surface area contributed by atoms with Crippen LogP contribution in [0.4, 0.5) is 0 Å². The summed E-state index contributed by atoms with van der Waals surface area (Å²) in [7, 11) is 0. The van der Waals surface area contributed by atoms with E-state index in [0.29, 0.717) is 0 Å². The molecule has 0 rings (SSSR count). The minimum atomic E-state index is 0. The predicted molar refractivity (Wildman–Crippen MR) is 210 cm³/mol. The van der Waals surface area contributed by atoms with Crippen molar-refractivity contribution in [2.24, 2.45) is 0 Å². The molecule has 20 nitrogen and oxygen atoms in total. The fourth-order valence-electron chi connectivity index (χ4n) is 0. The first-order valence-electron chi connectivity index (χ1n) is 0. The first-order valence-corrected chi connectivity index (χ1v) is 0. The molecule has 0 aromatic heterocycles. The van der Waals surface area contributed by atoms with E-state index in [1.807, 2.05) is 0 Å². The Labute approximate surface area is 368 Å². The first kappa shape index (κ1) is 1790. The van der Waals surface area contributed by atoms with Crippen molar-refractivity contribution in [3.63, 3.8) is 0 Å². The van der Waals surface area contributed by atoms with Crippen molar-refractivity contribution >= 4 is 238 Å². The second kappa shape index (κ2) is 1670. The van der Waals surface area contributed by atoms with Crippen molar-refractivity contribution in [2.75, 3.05) is 0 Å². The quantitative estimate of drug-likeness (QED) is 0.204. The Kier molecular flexibility index (Phi) is 80700. The molecule has 37 heavy (non-hydrogen) atoms. The second-order valence-corrected chi connectivity index (χ2v) is 0. The molecule has 0 saturated heterocycles. The minimum Gasteiger partial charge on any atom is -0.412 e. The van der Waals surface area contributed by atoms with Gasteiger partial charge in [0, 0.05) is 26.2 Å². The maximum absolute atomic E-state index is 0. The Bertz CT molecular complexity index is 58.3. The maximum Gasteiger partial charge on any atom is 0.187 e. The molecule has 0 atom stereocenters. The summed E-state index contributed by atoms with van der Waals surface area (Å²) in [6.07, 6.45) is 0. The second-order valence-electron chi connectivity index (χ2n) is 0. The van der Waals surface area contributed by atoms with Gasteiger partial charge in [0.1, 0.15) is 0 Å². The smallest absolute Gasteiger partial charge is 0.187 e. The van der Waals surface area contributed by atoms with Crippen LogP contribution in [0.15, 0.2) is 0 Å². The number of rotatable bonds is 0. The zero-order valence-electron chi connectivity index (χ0n) is 13.8. The summed E-state index contributed by atoms with van der Waals surface area (Å²) in [5.41, 5.74) is 0. The Hall–Kier alpha value is 6.66. The van der Waals surface area contributed by atoms with Crippen molar-refractivity contribution in [3.05, 3.63) is 0 Å². The van der Waals surface area contributed by atoms with Crippen LogP contribution in [0.1, 0.15) is 0 Å². The Morgan fingerprint density at radius 2 is 0.108 bits per heavy atom. The van der Waals surface area contributed by atoms with Crippen LogP contribution >= 0.6 is 99.3 Å². The molecule has 0 fully saturated rings. The van der Waals surface area contributed by atoms with Gasteiger partial charge in [0.25, 0.3) is 0 Å². The largest absolute Gasteiger partial charge is 0.412 e. The molecular formula is H72Al8Cl8O20Zr. The molecule has 0 aromatic carbocycles. The van der Waals surface area contributed by atoms with E-state index in [4.69, 9.17) is 0 Å². The number of hydrogen-bond acceptors (Lipinski definition) is 0. The summed E-state index contributed by atoms with van der Waals surface area (Å²) in [5, 5.41) is 0. The van der Waals surface area contributed by atoms with Crippen LogP contribution in [0, 0.1) is 0 Å². The predicted octanol–water partition coefficient (Wildman–Crippen LogP) is -22.6. The molecule has 0 aromatic rings. The van der Waals surface area contributed by atoms with Crippen LogP contribution in [0.5, 0.6) is 0 Å². The van der Waals surface area contributed by atoms with Crippen molar-refractivity contribution in [2.45, 2.75) is 0 Å². The van der Waals surface area contributed by atoms with Crippen molar-refractivity contribution in [1.29, 1.82) is 0 Å². The van der Waals surface area contributed by atoms with E-state index in [2.05, 4.69) is 0 Å². The molecule has 0 aliphatic carbocycles. The molecule has 37 heteroatoms. The number of halogens is 8. The molecular weight excluding hydrogens is 911 g/mol. The summed E-state index contributed by atoms with van der Waals surface area (Å²) >= 11 is 0. The molecule has 0 spiro atoms. The third-order valence-corrected chi connectivity index (χ3v) is 0. The van der Waals surface area contributed by atoms with Crippen LogP contribution in [0.2, 0.25) is 0 Å².